The van der Waals surface area contributed by atoms with Crippen LogP contribution in [0.4, 0.5) is 26.3 Å². The van der Waals surface area contributed by atoms with Crippen LogP contribution in [0.1, 0.15) is 15.9 Å². The summed E-state index contributed by atoms with van der Waals surface area (Å²) in [6.07, 6.45) is -8.36. The minimum Gasteiger partial charge on any atom is -0.406 e. The van der Waals surface area contributed by atoms with Crippen molar-refractivity contribution in [2.45, 2.75) is 12.7 Å². The molecule has 10 heteroatoms. The van der Waals surface area contributed by atoms with Gasteiger partial charge >= 0.3 is 12.7 Å². The van der Waals surface area contributed by atoms with Gasteiger partial charge in [0.05, 0.1) is 5.69 Å². The van der Waals surface area contributed by atoms with Gasteiger partial charge in [0.25, 0.3) is 0 Å². The van der Waals surface area contributed by atoms with Crippen LogP contribution < -0.4 is 9.47 Å². The van der Waals surface area contributed by atoms with Crippen molar-refractivity contribution in [2.24, 2.45) is 0 Å². The summed E-state index contributed by atoms with van der Waals surface area (Å²) in [5, 5.41) is 0. The number of alkyl halides is 6. The van der Waals surface area contributed by atoms with E-state index in [9.17, 15) is 31.1 Å². The molecule has 30 heavy (non-hydrogen) atoms. The molecule has 0 atom stereocenters. The zero-order valence-corrected chi connectivity index (χ0v) is 14.8. The van der Waals surface area contributed by atoms with Crippen LogP contribution in [0.5, 0.6) is 11.5 Å². The van der Waals surface area contributed by atoms with E-state index in [2.05, 4.69) is 14.5 Å². The Balaban J connectivity index is 1.71. The summed E-state index contributed by atoms with van der Waals surface area (Å²) in [5.74, 6) is -1.30. The van der Waals surface area contributed by atoms with Crippen LogP contribution >= 0.6 is 0 Å². The Morgan fingerprint density at radius 2 is 1.13 bits per heavy atom. The van der Waals surface area contributed by atoms with Crippen molar-refractivity contribution < 1.29 is 40.6 Å². The average molecular weight is 427 g/mol. The van der Waals surface area contributed by atoms with Crippen molar-refractivity contribution in [1.29, 1.82) is 0 Å². The van der Waals surface area contributed by atoms with Gasteiger partial charge < -0.3 is 9.47 Å². The van der Waals surface area contributed by atoms with E-state index in [0.29, 0.717) is 11.3 Å². The topological polar surface area (TPSA) is 48.4 Å². The summed E-state index contributed by atoms with van der Waals surface area (Å²) in [5.41, 5.74) is 1.21. The lowest BCUT2D eigenvalue weighted by Gasteiger charge is -2.10. The minimum absolute atomic E-state index is 0.132. The molecule has 1 aromatic heterocycles. The smallest absolute Gasteiger partial charge is 0.406 e. The lowest BCUT2D eigenvalue weighted by Crippen LogP contribution is -2.17. The van der Waals surface area contributed by atoms with Crippen LogP contribution in [-0.2, 0) is 0 Å². The predicted molar refractivity (Wildman–Crippen MR) is 92.9 cm³/mol. The number of benzene rings is 2. The van der Waals surface area contributed by atoms with E-state index in [0.717, 1.165) is 24.3 Å². The number of hydrogen-bond donors (Lipinski definition) is 0. The highest BCUT2D eigenvalue weighted by Crippen LogP contribution is 2.26. The molecule has 0 radical (unpaired) electrons. The molecule has 0 N–H and O–H groups in total. The molecule has 0 saturated carbocycles. The van der Waals surface area contributed by atoms with Crippen molar-refractivity contribution in [3.05, 3.63) is 78.0 Å². The van der Waals surface area contributed by atoms with Crippen LogP contribution in [0.15, 0.2) is 66.9 Å². The maximum absolute atomic E-state index is 12.4. The van der Waals surface area contributed by atoms with Gasteiger partial charge in [-0.15, -0.1) is 26.3 Å². The summed E-state index contributed by atoms with van der Waals surface area (Å²) in [4.78, 5) is 16.6. The van der Waals surface area contributed by atoms with Crippen molar-refractivity contribution in [2.75, 3.05) is 0 Å². The first-order valence-electron chi connectivity index (χ1n) is 8.23. The Hall–Kier alpha value is -3.56. The van der Waals surface area contributed by atoms with Crippen molar-refractivity contribution >= 4 is 5.78 Å². The number of carbonyl (C=O) groups is 1. The third-order valence-corrected chi connectivity index (χ3v) is 3.76. The van der Waals surface area contributed by atoms with Crippen LogP contribution in [-0.4, -0.2) is 23.5 Å². The van der Waals surface area contributed by atoms with Crippen LogP contribution in [0.2, 0.25) is 0 Å². The summed E-state index contributed by atoms with van der Waals surface area (Å²) in [6.45, 7) is 0. The third kappa shape index (κ3) is 5.72. The fraction of sp³-hybridized carbons (Fsp3) is 0.100. The van der Waals surface area contributed by atoms with Gasteiger partial charge in [-0.05, 0) is 60.7 Å². The molecule has 0 bridgehead atoms. The number of nitrogens with zero attached hydrogens (tertiary/aromatic N) is 1. The van der Waals surface area contributed by atoms with E-state index in [4.69, 9.17) is 0 Å². The largest absolute Gasteiger partial charge is 0.573 e. The molecule has 0 aliphatic carbocycles. The lowest BCUT2D eigenvalue weighted by molar-refractivity contribution is -0.275. The first-order chi connectivity index (χ1) is 14.0. The zero-order valence-electron chi connectivity index (χ0n) is 14.8. The highest BCUT2D eigenvalue weighted by atomic mass is 19.4. The molecule has 1 heterocycles. The number of pyridine rings is 1. The normalized spacial score (nSPS) is 11.8. The molecular formula is C20H11F6NO3. The van der Waals surface area contributed by atoms with Gasteiger partial charge in [0, 0.05) is 22.9 Å². The van der Waals surface area contributed by atoms with Gasteiger partial charge in [-0.3, -0.25) is 9.78 Å². The second-order valence-corrected chi connectivity index (χ2v) is 5.91. The molecule has 156 valence electrons. The number of carbonyl (C=O) groups excluding carboxylic acids is 1. The average Bonchev–Trinajstić information content (AvgIpc) is 2.66. The number of rotatable bonds is 5. The van der Waals surface area contributed by atoms with Gasteiger partial charge in [0.1, 0.15) is 11.5 Å². The highest BCUT2D eigenvalue weighted by Gasteiger charge is 2.31. The van der Waals surface area contributed by atoms with E-state index in [1.54, 1.807) is 0 Å². The van der Waals surface area contributed by atoms with Crippen molar-refractivity contribution in [1.82, 2.24) is 4.98 Å². The number of ketones is 1. The van der Waals surface area contributed by atoms with Crippen molar-refractivity contribution in [3.63, 3.8) is 0 Å². The molecule has 0 fully saturated rings. The number of ether oxygens (including phenoxy) is 2. The fourth-order valence-corrected chi connectivity index (χ4v) is 2.50. The Bertz CT molecular complexity index is 1010. The molecule has 4 nitrogen and oxygen atoms in total. The summed E-state index contributed by atoms with van der Waals surface area (Å²) in [7, 11) is 0. The quantitative estimate of drug-likeness (QED) is 0.383. The van der Waals surface area contributed by atoms with Gasteiger partial charge in [-0.2, -0.15) is 0 Å². The van der Waals surface area contributed by atoms with Crippen molar-refractivity contribution in [3.8, 4) is 22.8 Å². The van der Waals surface area contributed by atoms with E-state index >= 15 is 0 Å². The maximum atomic E-state index is 12.4. The Kier molecular flexibility index (Phi) is 5.68. The van der Waals surface area contributed by atoms with Gasteiger partial charge in [0.15, 0.2) is 5.78 Å². The predicted octanol–water partition coefficient (Wildman–Crippen LogP) is 5.78. The number of hydrogen-bond acceptors (Lipinski definition) is 4. The SMILES string of the molecule is O=C(c1ccc(OC(F)(F)F)cc1)c1ccc(-c2ccc(OC(F)(F)F)cc2)nc1. The molecule has 0 amide bonds. The van der Waals surface area contributed by atoms with E-state index in [1.807, 2.05) is 0 Å². The molecular weight excluding hydrogens is 416 g/mol. The van der Waals surface area contributed by atoms with Gasteiger partial charge in [-0.1, -0.05) is 0 Å². The van der Waals surface area contributed by atoms with E-state index < -0.39 is 24.3 Å². The second-order valence-electron chi connectivity index (χ2n) is 5.91. The molecule has 0 aliphatic heterocycles. The molecule has 0 aliphatic rings. The van der Waals surface area contributed by atoms with E-state index in [-0.39, 0.29) is 16.9 Å². The molecule has 0 spiro atoms. The number of halogens is 6. The highest BCUT2D eigenvalue weighted by molar-refractivity contribution is 6.08. The van der Waals surface area contributed by atoms with E-state index in [1.165, 1.54) is 42.6 Å². The minimum atomic E-state index is -4.83. The molecule has 0 unspecified atom stereocenters. The standard InChI is InChI=1S/C20H11F6NO3/c21-19(22,23)29-15-6-1-12(2-7-15)17-10-5-14(11-27-17)18(28)13-3-8-16(9-4-13)30-20(24,25)26/h1-11H. The summed E-state index contributed by atoms with van der Waals surface area (Å²) >= 11 is 0. The first kappa shape index (κ1) is 21.2. The molecule has 0 saturated heterocycles. The Morgan fingerprint density at radius 3 is 1.57 bits per heavy atom. The Labute approximate surface area is 165 Å². The monoisotopic (exact) mass is 427 g/mol. The van der Waals surface area contributed by atoms with Crippen LogP contribution in [0, 0.1) is 0 Å². The molecule has 3 rings (SSSR count). The third-order valence-electron chi connectivity index (χ3n) is 3.76. The zero-order chi connectivity index (χ0) is 21.9. The van der Waals surface area contributed by atoms with Gasteiger partial charge in [0.2, 0.25) is 0 Å². The van der Waals surface area contributed by atoms with Crippen LogP contribution in [0.25, 0.3) is 11.3 Å². The Morgan fingerprint density at radius 1 is 0.667 bits per heavy atom. The number of aromatic nitrogens is 1. The van der Waals surface area contributed by atoms with Gasteiger partial charge in [-0.25, -0.2) is 0 Å². The summed E-state index contributed by atoms with van der Waals surface area (Å²) < 4.78 is 80.7. The lowest BCUT2D eigenvalue weighted by atomic mass is 10.0. The fourth-order valence-electron chi connectivity index (χ4n) is 2.50. The first-order valence-corrected chi connectivity index (χ1v) is 8.23. The second kappa shape index (κ2) is 8.05. The van der Waals surface area contributed by atoms with Crippen LogP contribution in [0.3, 0.4) is 0 Å². The molecule has 3 aromatic rings. The maximum Gasteiger partial charge on any atom is 0.573 e. The summed E-state index contributed by atoms with van der Waals surface area (Å²) in [6, 6.07) is 12.4. The molecule has 2 aromatic carbocycles.